The van der Waals surface area contributed by atoms with E-state index in [1.54, 1.807) is 38.1 Å². The van der Waals surface area contributed by atoms with Crippen molar-refractivity contribution in [3.63, 3.8) is 0 Å². The summed E-state index contributed by atoms with van der Waals surface area (Å²) < 4.78 is 0. The fourth-order valence-electron chi connectivity index (χ4n) is 1.62. The normalized spacial score (nSPS) is 14.1. The summed E-state index contributed by atoms with van der Waals surface area (Å²) in [5.74, 6) is -0.0598. The molecule has 0 atom stereocenters. The Kier molecular flexibility index (Phi) is 4.38. The van der Waals surface area contributed by atoms with E-state index in [1.807, 2.05) is 0 Å². The Morgan fingerprint density at radius 2 is 1.12 bits per heavy atom. The first kappa shape index (κ1) is 13.4. The lowest BCUT2D eigenvalue weighted by atomic mass is 9.85. The number of carbonyl (C=O) groups excluding carboxylic acids is 2. The molecule has 2 heteroatoms. The van der Waals surface area contributed by atoms with Gasteiger partial charge in [0.1, 0.15) is 0 Å². The SMILES string of the molecule is CC1=C(C)C(=O)c2ccccc2C1=O.CCC. The third kappa shape index (κ3) is 2.52. The fraction of sp³-hybridized carbons (Fsp3) is 0.333. The number of fused-ring (bicyclic) bond motifs is 1. The number of carbonyl (C=O) groups is 2. The second-order valence-corrected chi connectivity index (χ2v) is 4.16. The van der Waals surface area contributed by atoms with Crippen molar-refractivity contribution >= 4 is 11.6 Å². The van der Waals surface area contributed by atoms with Crippen molar-refractivity contribution in [2.75, 3.05) is 0 Å². The second-order valence-electron chi connectivity index (χ2n) is 4.16. The van der Waals surface area contributed by atoms with Crippen molar-refractivity contribution in [2.45, 2.75) is 34.1 Å². The molecule has 17 heavy (non-hydrogen) atoms. The van der Waals surface area contributed by atoms with Gasteiger partial charge in [0.15, 0.2) is 11.6 Å². The minimum atomic E-state index is -0.0299. The molecule has 0 unspecified atom stereocenters. The first-order chi connectivity index (χ1) is 8.04. The molecule has 0 spiro atoms. The zero-order valence-corrected chi connectivity index (χ0v) is 10.8. The van der Waals surface area contributed by atoms with E-state index in [-0.39, 0.29) is 11.6 Å². The Labute approximate surface area is 102 Å². The highest BCUT2D eigenvalue weighted by Gasteiger charge is 2.26. The van der Waals surface area contributed by atoms with Gasteiger partial charge in [0.25, 0.3) is 0 Å². The van der Waals surface area contributed by atoms with Crippen molar-refractivity contribution in [3.05, 3.63) is 46.5 Å². The van der Waals surface area contributed by atoms with Crippen molar-refractivity contribution < 1.29 is 9.59 Å². The van der Waals surface area contributed by atoms with Crippen LogP contribution < -0.4 is 0 Å². The van der Waals surface area contributed by atoms with E-state index in [9.17, 15) is 9.59 Å². The van der Waals surface area contributed by atoms with Gasteiger partial charge in [-0.2, -0.15) is 0 Å². The average Bonchev–Trinajstić information content (AvgIpc) is 2.35. The summed E-state index contributed by atoms with van der Waals surface area (Å²) in [5.41, 5.74) is 2.18. The maximum absolute atomic E-state index is 11.8. The molecule has 0 bridgehead atoms. The van der Waals surface area contributed by atoms with Crippen LogP contribution in [0.5, 0.6) is 0 Å². The molecular formula is C15H18O2. The first-order valence-corrected chi connectivity index (χ1v) is 5.90. The predicted molar refractivity (Wildman–Crippen MR) is 69.4 cm³/mol. The van der Waals surface area contributed by atoms with E-state index in [4.69, 9.17) is 0 Å². The summed E-state index contributed by atoms with van der Waals surface area (Å²) >= 11 is 0. The lowest BCUT2D eigenvalue weighted by Gasteiger charge is -2.15. The van der Waals surface area contributed by atoms with Gasteiger partial charge in [0.2, 0.25) is 0 Å². The molecule has 1 aromatic rings. The number of benzene rings is 1. The Bertz CT molecular complexity index is 438. The highest BCUT2D eigenvalue weighted by atomic mass is 16.1. The summed E-state index contributed by atoms with van der Waals surface area (Å²) in [7, 11) is 0. The van der Waals surface area contributed by atoms with Gasteiger partial charge in [0.05, 0.1) is 0 Å². The maximum Gasteiger partial charge on any atom is 0.189 e. The van der Waals surface area contributed by atoms with Crippen molar-refractivity contribution in [2.24, 2.45) is 0 Å². The van der Waals surface area contributed by atoms with Crippen LogP contribution in [0.4, 0.5) is 0 Å². The van der Waals surface area contributed by atoms with Gasteiger partial charge in [0, 0.05) is 22.3 Å². The van der Waals surface area contributed by atoms with Crippen molar-refractivity contribution in [1.82, 2.24) is 0 Å². The molecule has 0 N–H and O–H groups in total. The zero-order valence-electron chi connectivity index (χ0n) is 10.8. The fourth-order valence-corrected chi connectivity index (χ4v) is 1.62. The van der Waals surface area contributed by atoms with Crippen LogP contribution in [-0.2, 0) is 0 Å². The van der Waals surface area contributed by atoms with Crippen LogP contribution in [-0.4, -0.2) is 11.6 Å². The van der Waals surface area contributed by atoms with Gasteiger partial charge >= 0.3 is 0 Å². The Morgan fingerprint density at radius 3 is 1.41 bits per heavy atom. The number of Topliss-reactive ketones (excluding diaryl/α,β-unsaturated/α-hetero) is 2. The molecule has 0 aliphatic heterocycles. The lowest BCUT2D eigenvalue weighted by Crippen LogP contribution is -2.19. The second kappa shape index (κ2) is 5.58. The van der Waals surface area contributed by atoms with Crippen LogP contribution in [0.1, 0.15) is 54.8 Å². The van der Waals surface area contributed by atoms with Crippen LogP contribution in [0.2, 0.25) is 0 Å². The highest BCUT2D eigenvalue weighted by Crippen LogP contribution is 2.25. The summed E-state index contributed by atoms with van der Waals surface area (Å²) in [5, 5.41) is 0. The molecular weight excluding hydrogens is 212 g/mol. The van der Waals surface area contributed by atoms with Crippen molar-refractivity contribution in [1.29, 1.82) is 0 Å². The van der Waals surface area contributed by atoms with E-state index in [0.717, 1.165) is 0 Å². The highest BCUT2D eigenvalue weighted by molar-refractivity contribution is 6.26. The maximum atomic E-state index is 11.8. The molecule has 1 aliphatic rings. The van der Waals surface area contributed by atoms with Gasteiger partial charge in [-0.3, -0.25) is 9.59 Å². The molecule has 0 heterocycles. The molecule has 90 valence electrons. The van der Waals surface area contributed by atoms with E-state index in [2.05, 4.69) is 13.8 Å². The summed E-state index contributed by atoms with van der Waals surface area (Å²) in [6.45, 7) is 7.65. The minimum absolute atomic E-state index is 0.0299. The lowest BCUT2D eigenvalue weighted by molar-refractivity contribution is 0.0975. The zero-order chi connectivity index (χ0) is 13.0. The van der Waals surface area contributed by atoms with Gasteiger partial charge in [-0.25, -0.2) is 0 Å². The molecule has 0 aromatic heterocycles. The summed E-state index contributed by atoms with van der Waals surface area (Å²) in [6, 6.07) is 6.95. The number of rotatable bonds is 0. The Balaban J connectivity index is 0.000000437. The van der Waals surface area contributed by atoms with Crippen LogP contribution >= 0.6 is 0 Å². The smallest absolute Gasteiger partial charge is 0.189 e. The molecule has 1 aromatic carbocycles. The third-order valence-corrected chi connectivity index (χ3v) is 2.66. The van der Waals surface area contributed by atoms with Gasteiger partial charge in [-0.15, -0.1) is 0 Å². The van der Waals surface area contributed by atoms with Gasteiger partial charge in [-0.1, -0.05) is 44.5 Å². The van der Waals surface area contributed by atoms with E-state index in [0.29, 0.717) is 22.3 Å². The molecule has 0 saturated heterocycles. The average molecular weight is 230 g/mol. The monoisotopic (exact) mass is 230 g/mol. The molecule has 1 aliphatic carbocycles. The number of allylic oxidation sites excluding steroid dienone is 2. The molecule has 0 fully saturated rings. The summed E-state index contributed by atoms with van der Waals surface area (Å²) in [4.78, 5) is 23.5. The molecule has 2 nitrogen and oxygen atoms in total. The predicted octanol–water partition coefficient (Wildman–Crippen LogP) is 3.82. The number of hydrogen-bond donors (Lipinski definition) is 0. The Hall–Kier alpha value is -1.70. The molecule has 2 rings (SSSR count). The van der Waals surface area contributed by atoms with E-state index < -0.39 is 0 Å². The largest absolute Gasteiger partial charge is 0.289 e. The van der Waals surface area contributed by atoms with E-state index >= 15 is 0 Å². The minimum Gasteiger partial charge on any atom is -0.289 e. The molecule has 0 radical (unpaired) electrons. The third-order valence-electron chi connectivity index (χ3n) is 2.66. The number of hydrogen-bond acceptors (Lipinski definition) is 2. The summed E-state index contributed by atoms with van der Waals surface area (Å²) in [6.07, 6.45) is 1.25. The standard InChI is InChI=1S/C12H10O2.C3H8/c1-7-8(2)12(14)10-6-4-3-5-9(10)11(7)13;1-3-2/h3-6H,1-2H3;3H2,1-2H3. The molecule has 0 saturated carbocycles. The Morgan fingerprint density at radius 1 is 0.824 bits per heavy atom. The quantitative estimate of drug-likeness (QED) is 0.679. The van der Waals surface area contributed by atoms with Crippen molar-refractivity contribution in [3.8, 4) is 0 Å². The number of ketones is 2. The molecule has 0 amide bonds. The van der Waals surface area contributed by atoms with Gasteiger partial charge < -0.3 is 0 Å². The van der Waals surface area contributed by atoms with Crippen LogP contribution in [0, 0.1) is 0 Å². The first-order valence-electron chi connectivity index (χ1n) is 5.90. The van der Waals surface area contributed by atoms with Crippen LogP contribution in [0.3, 0.4) is 0 Å². The topological polar surface area (TPSA) is 34.1 Å². The van der Waals surface area contributed by atoms with Gasteiger partial charge in [-0.05, 0) is 13.8 Å². The van der Waals surface area contributed by atoms with Crippen LogP contribution in [0.15, 0.2) is 35.4 Å². The van der Waals surface area contributed by atoms with Crippen LogP contribution in [0.25, 0.3) is 0 Å². The van der Waals surface area contributed by atoms with E-state index in [1.165, 1.54) is 6.42 Å².